The molecule has 1 rings (SSSR count). The average molecular weight is 296 g/mol. The minimum absolute atomic E-state index is 0.260. The lowest BCUT2D eigenvalue weighted by molar-refractivity contribution is -0.134. The summed E-state index contributed by atoms with van der Waals surface area (Å²) in [6.07, 6.45) is 1.57. The van der Waals surface area contributed by atoms with Gasteiger partial charge in [0, 0.05) is 11.0 Å². The van der Waals surface area contributed by atoms with Gasteiger partial charge in [0.2, 0.25) is 0 Å². The number of hydrogen-bond donors (Lipinski definition) is 1. The van der Waals surface area contributed by atoms with Crippen molar-refractivity contribution < 1.29 is 9.53 Å². The first-order valence-corrected chi connectivity index (χ1v) is 5.79. The molecule has 0 spiro atoms. The molecule has 4 nitrogen and oxygen atoms in total. The molecule has 0 radical (unpaired) electrons. The van der Waals surface area contributed by atoms with E-state index in [9.17, 15) is 4.79 Å². The van der Waals surface area contributed by atoms with Gasteiger partial charge in [-0.2, -0.15) is 0 Å². The summed E-state index contributed by atoms with van der Waals surface area (Å²) in [5, 5.41) is -0.312. The summed E-state index contributed by atoms with van der Waals surface area (Å²) >= 11 is 9.31. The van der Waals surface area contributed by atoms with Crippen LogP contribution in [0.25, 0.3) is 0 Å². The van der Waals surface area contributed by atoms with Gasteiger partial charge in [-0.15, -0.1) is 11.6 Å². The lowest BCUT2D eigenvalue weighted by atomic mass is 10.1. The number of alkyl halides is 1. The summed E-state index contributed by atoms with van der Waals surface area (Å²) < 4.78 is 5.54. The van der Waals surface area contributed by atoms with Gasteiger partial charge in [0.05, 0.1) is 18.0 Å². The molecule has 0 aromatic carbocycles. The third kappa shape index (κ3) is 3.03. The number of nitrogens with two attached hydrogens (primary N) is 1. The Morgan fingerprint density at radius 2 is 2.47 bits per heavy atom. The Morgan fingerprint density at radius 1 is 1.80 bits per heavy atom. The van der Waals surface area contributed by atoms with E-state index in [0.29, 0.717) is 17.6 Å². The molecule has 0 aromatic rings. The van der Waals surface area contributed by atoms with E-state index in [1.54, 1.807) is 13.0 Å². The molecule has 2 unspecified atom stereocenters. The van der Waals surface area contributed by atoms with Crippen LogP contribution in [0.2, 0.25) is 0 Å². The molecule has 1 aliphatic heterocycles. The Hall–Kier alpha value is -0.390. The van der Waals surface area contributed by atoms with Crippen LogP contribution in [0, 0.1) is 0 Å². The fraction of sp³-hybridized carbons (Fsp3) is 0.556. The van der Waals surface area contributed by atoms with E-state index in [1.807, 2.05) is 0 Å². The average Bonchev–Trinajstić information content (AvgIpc) is 2.22. The van der Waals surface area contributed by atoms with E-state index in [-0.39, 0.29) is 17.1 Å². The van der Waals surface area contributed by atoms with Crippen molar-refractivity contribution in [1.29, 1.82) is 0 Å². The smallest absolute Gasteiger partial charge is 0.356 e. The van der Waals surface area contributed by atoms with E-state index in [1.165, 1.54) is 0 Å². The van der Waals surface area contributed by atoms with Gasteiger partial charge in [-0.05, 0) is 13.0 Å². The molecule has 0 aromatic heterocycles. The molecule has 0 amide bonds. The largest absolute Gasteiger partial charge is 0.461 e. The van der Waals surface area contributed by atoms with Crippen molar-refractivity contribution >= 4 is 39.2 Å². The number of dihydropyridines is 1. The molecule has 15 heavy (non-hydrogen) atoms. The molecule has 84 valence electrons. The summed E-state index contributed by atoms with van der Waals surface area (Å²) in [6, 6.07) is -0.287. The summed E-state index contributed by atoms with van der Waals surface area (Å²) in [7, 11) is 0. The molecule has 6 heteroatoms. The van der Waals surface area contributed by atoms with Gasteiger partial charge in [0.15, 0.2) is 0 Å². The third-order valence-electron chi connectivity index (χ3n) is 1.91. The SMILES string of the molecule is CCOC(=O)C1=NC(CN)C(Cl)C(Br)=C1. The predicted octanol–water partition coefficient (Wildman–Crippen LogP) is 1.22. The van der Waals surface area contributed by atoms with Crippen LogP contribution in [-0.4, -0.2) is 36.3 Å². The number of aliphatic imine (C=N–C) groups is 1. The van der Waals surface area contributed by atoms with E-state index >= 15 is 0 Å². The van der Waals surface area contributed by atoms with Gasteiger partial charge in [-0.1, -0.05) is 15.9 Å². The summed E-state index contributed by atoms with van der Waals surface area (Å²) in [4.78, 5) is 15.5. The second-order valence-electron chi connectivity index (χ2n) is 2.97. The first-order valence-electron chi connectivity index (χ1n) is 4.56. The van der Waals surface area contributed by atoms with E-state index in [0.717, 1.165) is 0 Å². The standard InChI is InChI=1S/C9H12BrClN2O2/c1-2-15-9(14)6-3-5(10)8(11)7(4-12)13-6/h3,7-8H,2,4,12H2,1H3. The summed E-state index contributed by atoms with van der Waals surface area (Å²) in [5.41, 5.74) is 5.76. The highest BCUT2D eigenvalue weighted by Gasteiger charge is 2.27. The maximum Gasteiger partial charge on any atom is 0.356 e. The van der Waals surface area contributed by atoms with Crippen molar-refractivity contribution in [2.75, 3.05) is 13.2 Å². The molecule has 0 saturated heterocycles. The molecule has 0 saturated carbocycles. The van der Waals surface area contributed by atoms with Gasteiger partial charge in [-0.25, -0.2) is 4.79 Å². The molecule has 0 fully saturated rings. The number of hydrogen-bond acceptors (Lipinski definition) is 4. The fourth-order valence-corrected chi connectivity index (χ4v) is 1.91. The van der Waals surface area contributed by atoms with Crippen molar-refractivity contribution in [3.8, 4) is 0 Å². The van der Waals surface area contributed by atoms with E-state index in [4.69, 9.17) is 22.1 Å². The lowest BCUT2D eigenvalue weighted by Gasteiger charge is -2.21. The summed E-state index contributed by atoms with van der Waals surface area (Å²) in [6.45, 7) is 2.35. The Bertz CT molecular complexity index is 317. The van der Waals surface area contributed by atoms with Gasteiger partial charge in [0.25, 0.3) is 0 Å². The van der Waals surface area contributed by atoms with E-state index < -0.39 is 5.97 Å². The molecule has 0 aliphatic carbocycles. The van der Waals surface area contributed by atoms with Crippen molar-refractivity contribution in [2.24, 2.45) is 10.7 Å². The molecule has 2 atom stereocenters. The van der Waals surface area contributed by atoms with Crippen molar-refractivity contribution in [3.63, 3.8) is 0 Å². The zero-order valence-corrected chi connectivity index (χ0v) is 10.6. The van der Waals surface area contributed by atoms with Crippen LogP contribution in [0.15, 0.2) is 15.6 Å². The maximum absolute atomic E-state index is 11.4. The quantitative estimate of drug-likeness (QED) is 0.629. The first-order chi connectivity index (χ1) is 7.10. The zero-order valence-electron chi connectivity index (χ0n) is 8.24. The van der Waals surface area contributed by atoms with Gasteiger partial charge in [-0.3, -0.25) is 4.99 Å². The first kappa shape index (κ1) is 12.7. The van der Waals surface area contributed by atoms with Crippen molar-refractivity contribution in [2.45, 2.75) is 18.3 Å². The molecule has 0 bridgehead atoms. The molecule has 1 aliphatic rings. The number of nitrogens with zero attached hydrogens (tertiary/aromatic N) is 1. The number of halogens is 2. The number of ether oxygens (including phenoxy) is 1. The Labute approximate surface area is 102 Å². The van der Waals surface area contributed by atoms with Crippen LogP contribution < -0.4 is 5.73 Å². The molecular formula is C9H12BrClN2O2. The fourth-order valence-electron chi connectivity index (χ4n) is 1.16. The second kappa shape index (κ2) is 5.63. The van der Waals surface area contributed by atoms with Gasteiger partial charge >= 0.3 is 5.97 Å². The Balaban J connectivity index is 2.86. The lowest BCUT2D eigenvalue weighted by Crippen LogP contribution is -2.34. The topological polar surface area (TPSA) is 64.7 Å². The van der Waals surface area contributed by atoms with Gasteiger partial charge < -0.3 is 10.5 Å². The van der Waals surface area contributed by atoms with Crippen LogP contribution in [0.4, 0.5) is 0 Å². The molecular weight excluding hydrogens is 283 g/mol. The predicted molar refractivity (Wildman–Crippen MR) is 63.6 cm³/mol. The van der Waals surface area contributed by atoms with Crippen LogP contribution >= 0.6 is 27.5 Å². The Morgan fingerprint density at radius 3 is 3.00 bits per heavy atom. The normalized spacial score (nSPS) is 25.6. The highest BCUT2D eigenvalue weighted by molar-refractivity contribution is 9.11. The highest BCUT2D eigenvalue weighted by Crippen LogP contribution is 2.25. The number of carbonyl (C=O) groups excluding carboxylic acids is 1. The third-order valence-corrected chi connectivity index (χ3v) is 3.42. The summed E-state index contributed by atoms with van der Waals surface area (Å²) in [5.74, 6) is -0.448. The number of rotatable bonds is 3. The minimum Gasteiger partial charge on any atom is -0.461 e. The number of esters is 1. The Kier molecular flexibility index (Phi) is 4.76. The highest BCUT2D eigenvalue weighted by atomic mass is 79.9. The number of carbonyl (C=O) groups is 1. The minimum atomic E-state index is -0.448. The zero-order chi connectivity index (χ0) is 11.4. The van der Waals surface area contributed by atoms with Crippen LogP contribution in [-0.2, 0) is 9.53 Å². The van der Waals surface area contributed by atoms with Crippen molar-refractivity contribution in [1.82, 2.24) is 0 Å². The molecule has 2 N–H and O–H groups in total. The maximum atomic E-state index is 11.4. The van der Waals surface area contributed by atoms with Crippen LogP contribution in [0.3, 0.4) is 0 Å². The van der Waals surface area contributed by atoms with Gasteiger partial charge in [0.1, 0.15) is 5.71 Å². The second-order valence-corrected chi connectivity index (χ2v) is 4.35. The van der Waals surface area contributed by atoms with Crippen LogP contribution in [0.5, 0.6) is 0 Å². The van der Waals surface area contributed by atoms with E-state index in [2.05, 4.69) is 20.9 Å². The monoisotopic (exact) mass is 294 g/mol. The van der Waals surface area contributed by atoms with Crippen LogP contribution in [0.1, 0.15) is 6.92 Å². The molecule has 1 heterocycles. The van der Waals surface area contributed by atoms with Crippen molar-refractivity contribution in [3.05, 3.63) is 10.6 Å².